The number of aryl methyl sites for hydroxylation is 2. The van der Waals surface area contributed by atoms with E-state index in [0.717, 1.165) is 11.1 Å². The van der Waals surface area contributed by atoms with Crippen LogP contribution in [0.3, 0.4) is 0 Å². The third kappa shape index (κ3) is 3.53. The van der Waals surface area contributed by atoms with E-state index in [1.807, 2.05) is 0 Å². The van der Waals surface area contributed by atoms with Gasteiger partial charge in [0.1, 0.15) is 0 Å². The number of benzene rings is 1. The molecule has 0 saturated carbocycles. The van der Waals surface area contributed by atoms with E-state index in [1.165, 1.54) is 0 Å². The van der Waals surface area contributed by atoms with Gasteiger partial charge in [0, 0.05) is 0 Å². The molecule has 0 aromatic heterocycles. The molecule has 0 aliphatic carbocycles. The van der Waals surface area contributed by atoms with E-state index in [1.54, 1.807) is 31.2 Å². The first-order valence-corrected chi connectivity index (χ1v) is 4.66. The Hall–Kier alpha value is -1.06. The number of alkyl halides is 4. The molecule has 0 aliphatic heterocycles. The molecule has 84 valence electrons. The monoisotopic (exact) mass is 220 g/mol. The van der Waals surface area contributed by atoms with Gasteiger partial charge in [-0.2, -0.15) is 13.2 Å². The largest absolute Gasteiger partial charge is 0.419 e. The Balaban J connectivity index is 2.55. The van der Waals surface area contributed by atoms with Gasteiger partial charge < -0.3 is 0 Å². The average molecular weight is 220 g/mol. The molecule has 0 radical (unpaired) electrons. The molecular formula is C11H12F4. The Labute approximate surface area is 85.9 Å². The van der Waals surface area contributed by atoms with E-state index in [-0.39, 0.29) is 6.42 Å². The van der Waals surface area contributed by atoms with Crippen LogP contribution >= 0.6 is 0 Å². The third-order valence-corrected chi connectivity index (χ3v) is 2.28. The minimum absolute atomic E-state index is 0.118. The topological polar surface area (TPSA) is 0 Å². The van der Waals surface area contributed by atoms with Crippen LogP contribution in [-0.2, 0) is 6.42 Å². The Morgan fingerprint density at radius 3 is 2.33 bits per heavy atom. The molecule has 0 fully saturated rings. The Morgan fingerprint density at radius 1 is 1.20 bits per heavy atom. The quantitative estimate of drug-likeness (QED) is 0.679. The number of hydrogen-bond donors (Lipinski definition) is 0. The first-order valence-electron chi connectivity index (χ1n) is 4.66. The molecule has 1 aromatic rings. The second-order valence-corrected chi connectivity index (χ2v) is 3.47. The molecule has 1 rings (SSSR count). The number of hydrogen-bond acceptors (Lipinski definition) is 0. The summed E-state index contributed by atoms with van der Waals surface area (Å²) in [7, 11) is 0. The van der Waals surface area contributed by atoms with Gasteiger partial charge in [-0.25, -0.2) is 4.39 Å². The van der Waals surface area contributed by atoms with Gasteiger partial charge in [-0.05, 0) is 30.9 Å². The lowest BCUT2D eigenvalue weighted by molar-refractivity contribution is -0.181. The van der Waals surface area contributed by atoms with Crippen molar-refractivity contribution < 1.29 is 17.6 Å². The van der Waals surface area contributed by atoms with Crippen LogP contribution in [0.5, 0.6) is 0 Å². The summed E-state index contributed by atoms with van der Waals surface area (Å²) >= 11 is 0. The molecule has 1 atom stereocenters. The predicted octanol–water partition coefficient (Wildman–Crippen LogP) is 3.83. The summed E-state index contributed by atoms with van der Waals surface area (Å²) in [5, 5.41) is 0. The zero-order chi connectivity index (χ0) is 11.5. The van der Waals surface area contributed by atoms with Crippen molar-refractivity contribution in [1.82, 2.24) is 0 Å². The van der Waals surface area contributed by atoms with Gasteiger partial charge in [0.2, 0.25) is 0 Å². The van der Waals surface area contributed by atoms with Crippen molar-refractivity contribution in [2.24, 2.45) is 0 Å². The molecule has 1 unspecified atom stereocenters. The first-order chi connectivity index (χ1) is 6.91. The highest BCUT2D eigenvalue weighted by Crippen LogP contribution is 2.26. The summed E-state index contributed by atoms with van der Waals surface area (Å²) in [6.07, 6.45) is -7.85. The van der Waals surface area contributed by atoms with Crippen LogP contribution < -0.4 is 0 Å². The zero-order valence-corrected chi connectivity index (χ0v) is 8.31. The molecule has 0 saturated heterocycles. The molecular weight excluding hydrogens is 208 g/mol. The maximum atomic E-state index is 12.6. The SMILES string of the molecule is Cc1ccccc1CCC(F)C(F)(F)F. The molecule has 1 aromatic carbocycles. The summed E-state index contributed by atoms with van der Waals surface area (Å²) in [4.78, 5) is 0. The molecule has 0 heterocycles. The summed E-state index contributed by atoms with van der Waals surface area (Å²) < 4.78 is 48.2. The van der Waals surface area contributed by atoms with Crippen LogP contribution in [0, 0.1) is 6.92 Å². The Morgan fingerprint density at radius 2 is 1.80 bits per heavy atom. The highest BCUT2D eigenvalue weighted by atomic mass is 19.4. The van der Waals surface area contributed by atoms with Crippen LogP contribution in [0.1, 0.15) is 17.5 Å². The molecule has 15 heavy (non-hydrogen) atoms. The zero-order valence-electron chi connectivity index (χ0n) is 8.31. The second-order valence-electron chi connectivity index (χ2n) is 3.47. The van der Waals surface area contributed by atoms with Gasteiger partial charge >= 0.3 is 6.18 Å². The summed E-state index contributed by atoms with van der Waals surface area (Å²) in [5.41, 5.74) is 1.66. The first kappa shape index (κ1) is 12.0. The third-order valence-electron chi connectivity index (χ3n) is 2.28. The molecule has 0 bridgehead atoms. The van der Waals surface area contributed by atoms with Crippen LogP contribution in [0.2, 0.25) is 0 Å². The van der Waals surface area contributed by atoms with Crippen LogP contribution in [0.15, 0.2) is 24.3 Å². The smallest absolute Gasteiger partial charge is 0.237 e. The maximum Gasteiger partial charge on any atom is 0.419 e. The Kier molecular flexibility index (Phi) is 3.72. The van der Waals surface area contributed by atoms with Crippen LogP contribution in [-0.4, -0.2) is 12.3 Å². The highest BCUT2D eigenvalue weighted by molar-refractivity contribution is 5.25. The summed E-state index contributed by atoms with van der Waals surface area (Å²) in [6, 6.07) is 7.06. The minimum atomic E-state index is -4.73. The van der Waals surface area contributed by atoms with E-state index < -0.39 is 18.8 Å². The number of rotatable bonds is 3. The fraction of sp³-hybridized carbons (Fsp3) is 0.455. The van der Waals surface area contributed by atoms with Crippen molar-refractivity contribution >= 4 is 0 Å². The van der Waals surface area contributed by atoms with Crippen molar-refractivity contribution in [3.63, 3.8) is 0 Å². The fourth-order valence-electron chi connectivity index (χ4n) is 1.34. The molecule has 0 spiro atoms. The van der Waals surface area contributed by atoms with E-state index in [9.17, 15) is 17.6 Å². The molecule has 0 nitrogen and oxygen atoms in total. The van der Waals surface area contributed by atoms with E-state index in [2.05, 4.69) is 0 Å². The molecule has 0 N–H and O–H groups in total. The van der Waals surface area contributed by atoms with Crippen molar-refractivity contribution in [3.05, 3.63) is 35.4 Å². The standard InChI is InChI=1S/C11H12F4/c1-8-4-2-3-5-9(8)6-7-10(12)11(13,14)15/h2-5,10H,6-7H2,1H3. The van der Waals surface area contributed by atoms with Crippen LogP contribution in [0.25, 0.3) is 0 Å². The van der Waals surface area contributed by atoms with Gasteiger partial charge in [0.15, 0.2) is 6.17 Å². The van der Waals surface area contributed by atoms with Gasteiger partial charge in [-0.3, -0.25) is 0 Å². The minimum Gasteiger partial charge on any atom is -0.237 e. The fourth-order valence-corrected chi connectivity index (χ4v) is 1.34. The van der Waals surface area contributed by atoms with Crippen molar-refractivity contribution in [1.29, 1.82) is 0 Å². The van der Waals surface area contributed by atoms with Gasteiger partial charge in [0.05, 0.1) is 0 Å². The lowest BCUT2D eigenvalue weighted by atomic mass is 10.0. The predicted molar refractivity (Wildman–Crippen MR) is 50.5 cm³/mol. The van der Waals surface area contributed by atoms with Gasteiger partial charge in [-0.15, -0.1) is 0 Å². The second kappa shape index (κ2) is 4.64. The number of halogens is 4. The van der Waals surface area contributed by atoms with E-state index in [4.69, 9.17) is 0 Å². The van der Waals surface area contributed by atoms with Gasteiger partial charge in [-0.1, -0.05) is 24.3 Å². The average Bonchev–Trinajstić information content (AvgIpc) is 2.14. The Bertz CT molecular complexity index is 317. The van der Waals surface area contributed by atoms with Crippen molar-refractivity contribution in [3.8, 4) is 0 Å². The normalized spacial score (nSPS) is 13.9. The molecule has 0 aliphatic rings. The summed E-state index contributed by atoms with van der Waals surface area (Å²) in [5.74, 6) is 0. The highest BCUT2D eigenvalue weighted by Gasteiger charge is 2.39. The van der Waals surface area contributed by atoms with E-state index in [0.29, 0.717) is 0 Å². The van der Waals surface area contributed by atoms with Gasteiger partial charge in [0.25, 0.3) is 0 Å². The van der Waals surface area contributed by atoms with Crippen molar-refractivity contribution in [2.75, 3.05) is 0 Å². The van der Waals surface area contributed by atoms with Crippen molar-refractivity contribution in [2.45, 2.75) is 32.1 Å². The van der Waals surface area contributed by atoms with E-state index >= 15 is 0 Å². The molecule has 4 heteroatoms. The maximum absolute atomic E-state index is 12.6. The summed E-state index contributed by atoms with van der Waals surface area (Å²) in [6.45, 7) is 1.80. The lowest BCUT2D eigenvalue weighted by Gasteiger charge is -2.12. The molecule has 0 amide bonds. The van der Waals surface area contributed by atoms with Crippen LogP contribution in [0.4, 0.5) is 17.6 Å². The lowest BCUT2D eigenvalue weighted by Crippen LogP contribution is -2.24.